The number of hydrogen-bond donors (Lipinski definition) is 17. The fraction of sp³-hybridized carbons (Fsp3) is 0.941. The Hall–Kier alpha value is -1.59. The third-order valence-electron chi connectivity index (χ3n) is 11.1. The van der Waals surface area contributed by atoms with Gasteiger partial charge in [-0.2, -0.15) is 0 Å². The second kappa shape index (κ2) is 23.0. The highest BCUT2D eigenvalue weighted by molar-refractivity contribution is 7.99. The summed E-state index contributed by atoms with van der Waals surface area (Å²) >= 11 is 1.22. The minimum absolute atomic E-state index is 0.182. The molecule has 1 aliphatic carbocycles. The van der Waals surface area contributed by atoms with E-state index in [0.29, 0.717) is 0 Å². The van der Waals surface area contributed by atoms with E-state index >= 15 is 0 Å². The molecule has 3 saturated heterocycles. The summed E-state index contributed by atoms with van der Waals surface area (Å²) in [6, 6.07) is -1.62. The fourth-order valence-electron chi connectivity index (χ4n) is 8.05. The summed E-state index contributed by atoms with van der Waals surface area (Å²) in [5.74, 6) is -8.05. The van der Waals surface area contributed by atoms with E-state index in [2.05, 4.69) is 5.32 Å². The largest absolute Gasteiger partial charge is 0.477 e. The van der Waals surface area contributed by atoms with Crippen LogP contribution in [0.1, 0.15) is 19.8 Å². The van der Waals surface area contributed by atoms with Crippen LogP contribution >= 0.6 is 11.8 Å². The van der Waals surface area contributed by atoms with Crippen molar-refractivity contribution < 1.29 is 119 Å². The van der Waals surface area contributed by atoms with Crippen LogP contribution in [0, 0.1) is 11.8 Å². The molecule has 22 atom stereocenters. The smallest absolute Gasteiger partial charge is 0.364 e. The Balaban J connectivity index is 1.65. The zero-order chi connectivity index (χ0) is 45.5. The molecule has 9 unspecified atom stereocenters. The Morgan fingerprint density at radius 2 is 1.44 bits per heavy atom. The van der Waals surface area contributed by atoms with Crippen molar-refractivity contribution in [1.29, 1.82) is 0 Å². The second-order valence-electron chi connectivity index (χ2n) is 15.1. The summed E-state index contributed by atoms with van der Waals surface area (Å²) in [5, 5.41) is 162. The highest BCUT2D eigenvalue weighted by Gasteiger charge is 2.60. The number of nitrogens with two attached hydrogens (primary N) is 1. The highest BCUT2D eigenvalue weighted by Crippen LogP contribution is 2.43. The maximum absolute atomic E-state index is 12.4. The lowest BCUT2D eigenvalue weighted by atomic mass is 9.91. The van der Waals surface area contributed by atoms with Crippen LogP contribution in [0.4, 0.5) is 0 Å². The first kappa shape index (κ1) is 52.0. The van der Waals surface area contributed by atoms with Gasteiger partial charge in [0.15, 0.2) is 18.9 Å². The number of carboxylic acid groups (broad SMARTS) is 1. The van der Waals surface area contributed by atoms with Gasteiger partial charge in [-0.3, -0.25) is 4.79 Å². The SMILES string of the molecule is CC(=O)NC1[C@@H](O[C@H]2C([C@H](O)OC3[C@H](O)C([C@@H](O)CO)O[C@H](O[C@@H]4C(O)C[C@](OCCSCN)(C(=O)O)OC4CCO)[C@@H]3O)C(O)[C@H](O)C2[C@@H](O)CO)OC(CO)[C@@H](O)[C@H]1O. The number of carbonyl (C=O) groups excluding carboxylic acids is 1. The average Bonchev–Trinajstić information content (AvgIpc) is 3.46. The first-order valence-corrected chi connectivity index (χ1v) is 20.6. The number of nitrogens with one attached hydrogen (secondary N) is 1. The van der Waals surface area contributed by atoms with Crippen LogP contribution in [0.25, 0.3) is 0 Å². The summed E-state index contributed by atoms with van der Waals surface area (Å²) in [7, 11) is 0. The zero-order valence-electron chi connectivity index (χ0n) is 32.9. The fourth-order valence-corrected chi connectivity index (χ4v) is 8.42. The molecular formula is C34H60N2O24S. The van der Waals surface area contributed by atoms with Gasteiger partial charge in [0.1, 0.15) is 61.0 Å². The number of rotatable bonds is 21. The van der Waals surface area contributed by atoms with Gasteiger partial charge in [-0.15, -0.1) is 11.8 Å². The standard InChI is InChI=1S/C34H60N2O24S/c1-11(41)36-19-23(48)20(45)16(9-40)55-31(19)59-28-17(13(43)7-38)21(46)22(47)18(28)30(51)56-29-24(49)27(14(44)8-39)58-32(25(29)50)57-26-12(42)6-34(33(52)53,54-4-5-61-10-35)60-15(26)2-3-37/h12-32,37-40,42-51H,2-10,35H2,1H3,(H,36,41)(H,52,53)/t12?,13-,14-,15?,16?,17?,18?,19?,20+,21+,22?,23-,24+,25+,26+,27?,28+,29?,30+,31+,32-,34+/m0/s1. The van der Waals surface area contributed by atoms with Crippen LogP contribution in [0.15, 0.2) is 0 Å². The lowest BCUT2D eigenvalue weighted by Gasteiger charge is -2.48. The average molecular weight is 913 g/mol. The minimum atomic E-state index is -2.48. The Labute approximate surface area is 352 Å². The van der Waals surface area contributed by atoms with Crippen LogP contribution in [-0.4, -0.2) is 255 Å². The van der Waals surface area contributed by atoms with Gasteiger partial charge >= 0.3 is 5.97 Å². The molecule has 4 fully saturated rings. The van der Waals surface area contributed by atoms with Crippen molar-refractivity contribution in [3.63, 3.8) is 0 Å². The number of aliphatic hydroxyl groups is 14. The van der Waals surface area contributed by atoms with E-state index < -0.39 is 179 Å². The van der Waals surface area contributed by atoms with Crippen molar-refractivity contribution in [2.45, 2.75) is 142 Å². The number of ether oxygens (including phenoxy) is 7. The lowest BCUT2D eigenvalue weighted by molar-refractivity contribution is -0.374. The molecule has 3 aliphatic heterocycles. The lowest BCUT2D eigenvalue weighted by Crippen LogP contribution is -2.66. The molecule has 0 aromatic carbocycles. The number of aliphatic hydroxyl groups excluding tert-OH is 14. The van der Waals surface area contributed by atoms with Crippen molar-refractivity contribution >= 4 is 23.6 Å². The van der Waals surface area contributed by atoms with Gasteiger partial charge < -0.3 is 121 Å². The topological polar surface area (TPSA) is 440 Å². The van der Waals surface area contributed by atoms with Crippen molar-refractivity contribution in [2.24, 2.45) is 17.6 Å². The molecule has 1 amide bonds. The Kier molecular flexibility index (Phi) is 19.7. The summed E-state index contributed by atoms with van der Waals surface area (Å²) in [5.41, 5.74) is 5.46. The van der Waals surface area contributed by atoms with Crippen LogP contribution in [0.5, 0.6) is 0 Å². The molecule has 0 aromatic rings. The summed E-state index contributed by atoms with van der Waals surface area (Å²) in [6.45, 7) is -2.81. The van der Waals surface area contributed by atoms with Gasteiger partial charge in [0, 0.05) is 37.5 Å². The van der Waals surface area contributed by atoms with E-state index in [1.54, 1.807) is 0 Å². The van der Waals surface area contributed by atoms with E-state index in [9.17, 15) is 86.2 Å². The summed E-state index contributed by atoms with van der Waals surface area (Å²) in [4.78, 5) is 24.5. The van der Waals surface area contributed by atoms with E-state index in [4.69, 9.17) is 38.9 Å². The van der Waals surface area contributed by atoms with Gasteiger partial charge in [-0.05, 0) is 6.42 Å². The molecule has 61 heavy (non-hydrogen) atoms. The maximum atomic E-state index is 12.4. The molecule has 4 aliphatic rings. The molecule has 4 rings (SSSR count). The number of aliphatic carboxylic acids is 1. The maximum Gasteiger partial charge on any atom is 0.364 e. The van der Waals surface area contributed by atoms with E-state index in [0.717, 1.165) is 6.92 Å². The third-order valence-corrected chi connectivity index (χ3v) is 11.8. The minimum Gasteiger partial charge on any atom is -0.477 e. The van der Waals surface area contributed by atoms with Crippen molar-refractivity contribution in [1.82, 2.24) is 5.32 Å². The van der Waals surface area contributed by atoms with Crippen LogP contribution in [0.2, 0.25) is 0 Å². The van der Waals surface area contributed by atoms with Crippen LogP contribution < -0.4 is 11.1 Å². The molecule has 0 spiro atoms. The molecule has 356 valence electrons. The van der Waals surface area contributed by atoms with E-state index in [1.807, 2.05) is 0 Å². The first-order valence-electron chi connectivity index (χ1n) is 19.4. The number of thioether (sulfide) groups is 1. The van der Waals surface area contributed by atoms with Gasteiger partial charge in [0.25, 0.3) is 5.79 Å². The monoisotopic (exact) mass is 912 g/mol. The molecule has 0 radical (unpaired) electrons. The number of hydrogen-bond acceptors (Lipinski definition) is 25. The summed E-state index contributed by atoms with van der Waals surface area (Å²) in [6.07, 6.45) is -36.0. The molecule has 18 N–H and O–H groups in total. The van der Waals surface area contributed by atoms with Gasteiger partial charge in [0.2, 0.25) is 5.91 Å². The number of carboxylic acids is 1. The normalized spacial score (nSPS) is 43.4. The van der Waals surface area contributed by atoms with Crippen LogP contribution in [-0.2, 0) is 42.7 Å². The molecule has 0 bridgehead atoms. The first-order chi connectivity index (χ1) is 28.8. The Morgan fingerprint density at radius 3 is 2.02 bits per heavy atom. The second-order valence-corrected chi connectivity index (χ2v) is 16.3. The zero-order valence-corrected chi connectivity index (χ0v) is 33.7. The highest BCUT2D eigenvalue weighted by atomic mass is 32.2. The predicted octanol–water partition coefficient (Wildman–Crippen LogP) is -9.50. The summed E-state index contributed by atoms with van der Waals surface area (Å²) < 4.78 is 40.0. The van der Waals surface area contributed by atoms with Crippen molar-refractivity contribution in [3.05, 3.63) is 0 Å². The number of carbonyl (C=O) groups is 2. The van der Waals surface area contributed by atoms with Gasteiger partial charge in [-0.1, -0.05) is 0 Å². The Bertz CT molecular complexity index is 1380. The van der Waals surface area contributed by atoms with Gasteiger partial charge in [-0.25, -0.2) is 4.79 Å². The molecule has 1 saturated carbocycles. The van der Waals surface area contributed by atoms with E-state index in [1.165, 1.54) is 11.8 Å². The molecule has 27 heteroatoms. The van der Waals surface area contributed by atoms with Crippen molar-refractivity contribution in [2.75, 3.05) is 44.7 Å². The predicted molar refractivity (Wildman–Crippen MR) is 197 cm³/mol. The van der Waals surface area contributed by atoms with E-state index in [-0.39, 0.29) is 24.7 Å². The van der Waals surface area contributed by atoms with Crippen molar-refractivity contribution in [3.8, 4) is 0 Å². The molecule has 3 heterocycles. The molecule has 26 nitrogen and oxygen atoms in total. The van der Waals surface area contributed by atoms with Gasteiger partial charge in [0.05, 0.1) is 69.0 Å². The van der Waals surface area contributed by atoms with Crippen LogP contribution in [0.3, 0.4) is 0 Å². The quantitative estimate of drug-likeness (QED) is 0.0375. The third kappa shape index (κ3) is 11.6. The number of amides is 1. The Morgan fingerprint density at radius 1 is 0.803 bits per heavy atom. The molecular weight excluding hydrogens is 852 g/mol. The molecule has 0 aromatic heterocycles.